The molecule has 0 aliphatic heterocycles. The minimum Gasteiger partial charge on any atom is -0.488 e. The Bertz CT molecular complexity index is 455. The zero-order valence-electron chi connectivity index (χ0n) is 8.39. The van der Waals surface area contributed by atoms with Crippen LogP contribution in [-0.4, -0.2) is 10.1 Å². The number of hydrogen-bond acceptors (Lipinski definition) is 4. The molecule has 0 unspecified atom stereocenters. The molecule has 0 fully saturated rings. The van der Waals surface area contributed by atoms with Crippen molar-refractivity contribution in [3.63, 3.8) is 0 Å². The molecule has 0 saturated heterocycles. The monoisotopic (exact) mass is 255 g/mol. The molecule has 3 nitrogen and oxygen atoms in total. The van der Waals surface area contributed by atoms with Crippen molar-refractivity contribution in [1.29, 1.82) is 0 Å². The molecule has 5 heteroatoms. The Morgan fingerprint density at radius 2 is 2.06 bits per heavy atom. The number of thiazole rings is 1. The number of benzene rings is 1. The van der Waals surface area contributed by atoms with E-state index in [1.165, 1.54) is 11.3 Å². The number of ether oxygens (including phenoxy) is 1. The van der Waals surface area contributed by atoms with Crippen molar-refractivity contribution < 1.29 is 9.84 Å². The van der Waals surface area contributed by atoms with E-state index in [1.54, 1.807) is 6.20 Å². The van der Waals surface area contributed by atoms with E-state index in [0.29, 0.717) is 11.1 Å². The molecular weight excluding hydrogens is 246 g/mol. The first-order valence-corrected chi connectivity index (χ1v) is 5.90. The van der Waals surface area contributed by atoms with Gasteiger partial charge in [-0.25, -0.2) is 4.98 Å². The summed E-state index contributed by atoms with van der Waals surface area (Å²) < 4.78 is 6.06. The topological polar surface area (TPSA) is 42.4 Å². The number of aromatic nitrogens is 1. The summed E-state index contributed by atoms with van der Waals surface area (Å²) in [5, 5.41) is 8.88. The fourth-order valence-corrected chi connectivity index (χ4v) is 2.09. The fourth-order valence-electron chi connectivity index (χ4n) is 1.20. The lowest BCUT2D eigenvalue weighted by atomic mass is 10.2. The molecule has 0 spiro atoms. The van der Waals surface area contributed by atoms with E-state index in [9.17, 15) is 0 Å². The smallest absolute Gasteiger partial charge is 0.183 e. The minimum absolute atomic E-state index is 0.0464. The van der Waals surface area contributed by atoms with E-state index in [1.807, 2.05) is 24.3 Å². The van der Waals surface area contributed by atoms with Crippen LogP contribution >= 0.6 is 22.9 Å². The quantitative estimate of drug-likeness (QED) is 0.914. The summed E-state index contributed by atoms with van der Waals surface area (Å²) in [5.41, 5.74) is 0.869. The van der Waals surface area contributed by atoms with Crippen LogP contribution in [0.5, 0.6) is 5.75 Å². The zero-order chi connectivity index (χ0) is 11.4. The number of rotatable bonds is 4. The number of hydrogen-bond donors (Lipinski definition) is 1. The largest absolute Gasteiger partial charge is 0.488 e. The summed E-state index contributed by atoms with van der Waals surface area (Å²) >= 11 is 7.11. The van der Waals surface area contributed by atoms with Crippen LogP contribution in [0, 0.1) is 0 Å². The first kappa shape index (κ1) is 11.4. The first-order valence-electron chi connectivity index (χ1n) is 4.71. The number of halogens is 1. The molecule has 16 heavy (non-hydrogen) atoms. The molecule has 2 aromatic rings. The van der Waals surface area contributed by atoms with Crippen molar-refractivity contribution in [2.24, 2.45) is 0 Å². The van der Waals surface area contributed by atoms with Crippen molar-refractivity contribution in [2.45, 2.75) is 13.2 Å². The van der Waals surface area contributed by atoms with Crippen LogP contribution in [0.15, 0.2) is 30.5 Å². The van der Waals surface area contributed by atoms with E-state index in [2.05, 4.69) is 4.98 Å². The zero-order valence-corrected chi connectivity index (χ0v) is 9.96. The Morgan fingerprint density at radius 1 is 1.31 bits per heavy atom. The number of nitrogens with zero attached hydrogens (tertiary/aromatic N) is 1. The van der Waals surface area contributed by atoms with Crippen LogP contribution in [0.25, 0.3) is 0 Å². The SMILES string of the molecule is OCc1ccc(OCc2cnc(Cl)s2)cc1. The van der Waals surface area contributed by atoms with Gasteiger partial charge in [-0.05, 0) is 17.7 Å². The molecule has 1 heterocycles. The molecule has 2 rings (SSSR count). The van der Waals surface area contributed by atoms with E-state index in [0.717, 1.165) is 16.2 Å². The van der Waals surface area contributed by atoms with Crippen LogP contribution in [-0.2, 0) is 13.2 Å². The molecule has 0 bridgehead atoms. The lowest BCUT2D eigenvalue weighted by Gasteiger charge is -2.04. The lowest BCUT2D eigenvalue weighted by Crippen LogP contribution is -1.93. The molecule has 0 atom stereocenters. The lowest BCUT2D eigenvalue weighted by molar-refractivity contribution is 0.281. The standard InChI is InChI=1S/C11H10ClNO2S/c12-11-13-5-10(16-11)7-15-9-3-1-8(6-14)2-4-9/h1-5,14H,6-7H2. The summed E-state index contributed by atoms with van der Waals surface area (Å²) in [6.07, 6.45) is 1.70. The second kappa shape index (κ2) is 5.30. The van der Waals surface area contributed by atoms with E-state index in [4.69, 9.17) is 21.4 Å². The van der Waals surface area contributed by atoms with Gasteiger partial charge in [-0.2, -0.15) is 0 Å². The van der Waals surface area contributed by atoms with Gasteiger partial charge in [0.15, 0.2) is 4.47 Å². The van der Waals surface area contributed by atoms with E-state index < -0.39 is 0 Å². The average Bonchev–Trinajstić information content (AvgIpc) is 2.73. The van der Waals surface area contributed by atoms with Gasteiger partial charge in [0.25, 0.3) is 0 Å². The highest BCUT2D eigenvalue weighted by molar-refractivity contribution is 7.15. The maximum atomic E-state index is 8.88. The van der Waals surface area contributed by atoms with Crippen LogP contribution in [0.4, 0.5) is 0 Å². The van der Waals surface area contributed by atoms with Gasteiger partial charge in [0.2, 0.25) is 0 Å². The second-order valence-corrected chi connectivity index (χ2v) is 4.87. The molecule has 1 aromatic heterocycles. The van der Waals surface area contributed by atoms with Gasteiger partial charge in [0, 0.05) is 6.20 Å². The predicted octanol–water partition coefficient (Wildman–Crippen LogP) is 2.87. The molecule has 0 aliphatic rings. The summed E-state index contributed by atoms with van der Waals surface area (Å²) in [7, 11) is 0. The van der Waals surface area contributed by atoms with Crippen LogP contribution < -0.4 is 4.74 Å². The molecule has 1 aromatic carbocycles. The third-order valence-electron chi connectivity index (χ3n) is 2.01. The van der Waals surface area contributed by atoms with E-state index >= 15 is 0 Å². The Morgan fingerprint density at radius 3 is 2.62 bits per heavy atom. The van der Waals surface area contributed by atoms with E-state index in [-0.39, 0.29) is 6.61 Å². The summed E-state index contributed by atoms with van der Waals surface area (Å²) in [4.78, 5) is 4.91. The summed E-state index contributed by atoms with van der Waals surface area (Å²) in [5.74, 6) is 0.765. The van der Waals surface area contributed by atoms with Crippen molar-refractivity contribution in [2.75, 3.05) is 0 Å². The fraction of sp³-hybridized carbons (Fsp3) is 0.182. The third kappa shape index (κ3) is 2.95. The molecule has 84 valence electrons. The summed E-state index contributed by atoms with van der Waals surface area (Å²) in [6.45, 7) is 0.508. The van der Waals surface area contributed by atoms with Gasteiger partial charge in [-0.15, -0.1) is 11.3 Å². The Balaban J connectivity index is 1.94. The Kier molecular flexibility index (Phi) is 3.77. The van der Waals surface area contributed by atoms with Crippen LogP contribution in [0.2, 0.25) is 4.47 Å². The Labute approximate surface area is 102 Å². The highest BCUT2D eigenvalue weighted by atomic mass is 35.5. The number of aliphatic hydroxyl groups is 1. The van der Waals surface area contributed by atoms with Gasteiger partial charge >= 0.3 is 0 Å². The highest BCUT2D eigenvalue weighted by Crippen LogP contribution is 2.20. The van der Waals surface area contributed by atoms with Gasteiger partial charge in [-0.1, -0.05) is 23.7 Å². The van der Waals surface area contributed by atoms with Crippen LogP contribution in [0.3, 0.4) is 0 Å². The maximum absolute atomic E-state index is 8.88. The van der Waals surface area contributed by atoms with Crippen molar-refractivity contribution in [3.8, 4) is 5.75 Å². The maximum Gasteiger partial charge on any atom is 0.183 e. The van der Waals surface area contributed by atoms with Gasteiger partial charge < -0.3 is 9.84 Å². The van der Waals surface area contributed by atoms with Crippen LogP contribution in [0.1, 0.15) is 10.4 Å². The Hall–Kier alpha value is -1.10. The van der Waals surface area contributed by atoms with Crippen molar-refractivity contribution in [1.82, 2.24) is 4.98 Å². The molecule has 1 N–H and O–H groups in total. The average molecular weight is 256 g/mol. The second-order valence-electron chi connectivity index (χ2n) is 3.17. The number of aliphatic hydroxyl groups excluding tert-OH is 1. The summed E-state index contributed by atoms with van der Waals surface area (Å²) in [6, 6.07) is 7.31. The molecule has 0 aliphatic carbocycles. The predicted molar refractivity (Wildman–Crippen MR) is 63.8 cm³/mol. The minimum atomic E-state index is 0.0464. The molecular formula is C11H10ClNO2S. The molecule has 0 saturated carbocycles. The first-order chi connectivity index (χ1) is 7.78. The highest BCUT2D eigenvalue weighted by Gasteiger charge is 2.00. The van der Waals surface area contributed by atoms with Gasteiger partial charge in [0.05, 0.1) is 11.5 Å². The third-order valence-corrected chi connectivity index (χ3v) is 3.10. The van der Waals surface area contributed by atoms with Gasteiger partial charge in [0.1, 0.15) is 12.4 Å². The van der Waals surface area contributed by atoms with Crippen molar-refractivity contribution in [3.05, 3.63) is 45.4 Å². The van der Waals surface area contributed by atoms with Gasteiger partial charge in [-0.3, -0.25) is 0 Å². The normalized spacial score (nSPS) is 10.4. The van der Waals surface area contributed by atoms with Crippen molar-refractivity contribution >= 4 is 22.9 Å². The molecule has 0 amide bonds. The molecule has 0 radical (unpaired) electrons.